The molecule has 1 amide bonds. The molecular weight excluding hydrogens is 250 g/mol. The van der Waals surface area contributed by atoms with E-state index in [0.29, 0.717) is 0 Å². The van der Waals surface area contributed by atoms with Gasteiger partial charge in [-0.25, -0.2) is 4.79 Å². The second-order valence-corrected chi connectivity index (χ2v) is 4.28. The van der Waals surface area contributed by atoms with Gasteiger partial charge in [0.1, 0.15) is 12.0 Å². The van der Waals surface area contributed by atoms with Gasteiger partial charge in [-0.2, -0.15) is 11.8 Å². The van der Waals surface area contributed by atoms with Gasteiger partial charge >= 0.3 is 5.97 Å². The number of rotatable bonds is 8. The van der Waals surface area contributed by atoms with E-state index in [9.17, 15) is 24.3 Å². The van der Waals surface area contributed by atoms with E-state index in [1.54, 1.807) is 0 Å². The van der Waals surface area contributed by atoms with Gasteiger partial charge in [-0.05, 0) is 0 Å². The summed E-state index contributed by atoms with van der Waals surface area (Å²) in [5, 5.41) is 21.0. The standard InChI is InChI=1S/C9H13NO6S/c1-5(11)10-6(8(13)14)4-17-3-2-7(12)9(15)16/h6H,2-4H2,1H3,(H,10,11)(H,13,14)(H,15,16)/p-1/t6-/m0/s1. The van der Waals surface area contributed by atoms with Gasteiger partial charge in [0.05, 0.1) is 0 Å². The third-order valence-corrected chi connectivity index (χ3v) is 2.72. The fourth-order valence-electron chi connectivity index (χ4n) is 0.888. The monoisotopic (exact) mass is 262 g/mol. The van der Waals surface area contributed by atoms with Gasteiger partial charge in [-0.15, -0.1) is 0 Å². The van der Waals surface area contributed by atoms with Crippen molar-refractivity contribution in [2.75, 3.05) is 11.5 Å². The van der Waals surface area contributed by atoms with Gasteiger partial charge in [0.15, 0.2) is 5.78 Å². The van der Waals surface area contributed by atoms with E-state index in [0.717, 1.165) is 11.8 Å². The lowest BCUT2D eigenvalue weighted by Crippen LogP contribution is -2.41. The number of carboxylic acid groups (broad SMARTS) is 2. The second kappa shape index (κ2) is 7.66. The molecule has 0 saturated carbocycles. The van der Waals surface area contributed by atoms with Crippen LogP contribution in [-0.4, -0.2) is 46.3 Å². The molecule has 0 heterocycles. The average molecular weight is 262 g/mol. The summed E-state index contributed by atoms with van der Waals surface area (Å²) in [5.41, 5.74) is 0. The maximum Gasteiger partial charge on any atom is 0.327 e. The highest BCUT2D eigenvalue weighted by Crippen LogP contribution is 2.05. The molecule has 0 fully saturated rings. The van der Waals surface area contributed by atoms with Crippen LogP contribution in [0.25, 0.3) is 0 Å². The predicted molar refractivity (Wildman–Crippen MR) is 57.2 cm³/mol. The van der Waals surface area contributed by atoms with Crippen molar-refractivity contribution in [3.63, 3.8) is 0 Å². The molecule has 7 nitrogen and oxygen atoms in total. The number of hydrogen-bond acceptors (Lipinski definition) is 6. The minimum atomic E-state index is -1.75. The van der Waals surface area contributed by atoms with E-state index in [1.165, 1.54) is 6.92 Å². The molecule has 0 unspecified atom stereocenters. The molecule has 0 aliphatic heterocycles. The Morgan fingerprint density at radius 3 is 2.35 bits per heavy atom. The van der Waals surface area contributed by atoms with E-state index in [1.807, 2.05) is 0 Å². The Kier molecular flexibility index (Phi) is 6.95. The van der Waals surface area contributed by atoms with Crippen LogP contribution in [0.15, 0.2) is 0 Å². The van der Waals surface area contributed by atoms with E-state index < -0.39 is 29.7 Å². The number of nitrogens with one attached hydrogen (secondary N) is 1. The molecule has 2 N–H and O–H groups in total. The Morgan fingerprint density at radius 1 is 1.35 bits per heavy atom. The van der Waals surface area contributed by atoms with Crippen molar-refractivity contribution in [2.24, 2.45) is 0 Å². The first-order valence-electron chi connectivity index (χ1n) is 4.66. The summed E-state index contributed by atoms with van der Waals surface area (Å²) in [5.74, 6) is -4.19. The first-order chi connectivity index (χ1) is 7.84. The van der Waals surface area contributed by atoms with Crippen LogP contribution in [0.2, 0.25) is 0 Å². The zero-order chi connectivity index (χ0) is 13.4. The highest BCUT2D eigenvalue weighted by molar-refractivity contribution is 7.99. The van der Waals surface area contributed by atoms with E-state index >= 15 is 0 Å². The number of ketones is 1. The van der Waals surface area contributed by atoms with E-state index in [2.05, 4.69) is 5.32 Å². The highest BCUT2D eigenvalue weighted by atomic mass is 32.2. The molecule has 0 bridgehead atoms. The SMILES string of the molecule is CC(=O)N[C@@H](CSCCC(=O)C(=O)[O-])C(=O)O. The van der Waals surface area contributed by atoms with E-state index in [-0.39, 0.29) is 17.9 Å². The lowest BCUT2D eigenvalue weighted by Gasteiger charge is -2.12. The first-order valence-corrected chi connectivity index (χ1v) is 5.82. The smallest absolute Gasteiger partial charge is 0.327 e. The van der Waals surface area contributed by atoms with Gasteiger partial charge in [-0.3, -0.25) is 9.59 Å². The van der Waals surface area contributed by atoms with Crippen LogP contribution in [0.1, 0.15) is 13.3 Å². The minimum absolute atomic E-state index is 0.0647. The lowest BCUT2D eigenvalue weighted by molar-refractivity contribution is -0.299. The van der Waals surface area contributed by atoms with Gasteiger partial charge in [0, 0.05) is 24.9 Å². The zero-order valence-electron chi connectivity index (χ0n) is 9.10. The number of carbonyl (C=O) groups is 4. The molecule has 0 aromatic heterocycles. The molecule has 8 heteroatoms. The summed E-state index contributed by atoms with van der Waals surface area (Å²) in [6, 6.07) is -1.05. The summed E-state index contributed by atoms with van der Waals surface area (Å²) < 4.78 is 0. The van der Waals surface area contributed by atoms with Crippen molar-refractivity contribution >= 4 is 35.4 Å². The first kappa shape index (κ1) is 15.4. The molecule has 0 radical (unpaired) electrons. The van der Waals surface area contributed by atoms with Gasteiger partial charge < -0.3 is 20.3 Å². The number of Topliss-reactive ketones (excluding diaryl/α,β-unsaturated/α-hetero) is 1. The normalized spacial score (nSPS) is 11.6. The van der Waals surface area contributed by atoms with Crippen molar-refractivity contribution < 1.29 is 29.4 Å². The Morgan fingerprint density at radius 2 is 1.94 bits per heavy atom. The number of aliphatic carboxylic acids is 2. The molecule has 0 aliphatic rings. The van der Waals surface area contributed by atoms with Crippen LogP contribution < -0.4 is 10.4 Å². The summed E-state index contributed by atoms with van der Waals surface area (Å²) in [6.07, 6.45) is -0.223. The van der Waals surface area contributed by atoms with Gasteiger partial charge in [0.25, 0.3) is 0 Å². The third-order valence-electron chi connectivity index (χ3n) is 1.66. The van der Waals surface area contributed by atoms with Crippen LogP contribution in [0, 0.1) is 0 Å². The predicted octanol–water partition coefficient (Wildman–Crippen LogP) is -1.98. The largest absolute Gasteiger partial charge is 0.542 e. The second-order valence-electron chi connectivity index (χ2n) is 3.13. The average Bonchev–Trinajstić information content (AvgIpc) is 2.21. The van der Waals surface area contributed by atoms with Crippen LogP contribution in [0.3, 0.4) is 0 Å². The molecule has 0 rings (SSSR count). The molecule has 0 aromatic rings. The molecule has 17 heavy (non-hydrogen) atoms. The van der Waals surface area contributed by atoms with Crippen LogP contribution in [0.4, 0.5) is 0 Å². The molecule has 0 saturated heterocycles. The number of carbonyl (C=O) groups excluding carboxylic acids is 3. The van der Waals surface area contributed by atoms with Crippen LogP contribution >= 0.6 is 11.8 Å². The molecule has 0 aliphatic carbocycles. The molecule has 1 atom stereocenters. The summed E-state index contributed by atoms with van der Waals surface area (Å²) in [6.45, 7) is 1.19. The number of amides is 1. The third kappa shape index (κ3) is 7.34. The van der Waals surface area contributed by atoms with Crippen molar-refractivity contribution in [1.29, 1.82) is 0 Å². The Hall–Kier alpha value is -1.57. The van der Waals surface area contributed by atoms with Gasteiger partial charge in [-0.1, -0.05) is 0 Å². The minimum Gasteiger partial charge on any atom is -0.542 e. The fraction of sp³-hybridized carbons (Fsp3) is 0.556. The van der Waals surface area contributed by atoms with Crippen molar-refractivity contribution in [1.82, 2.24) is 5.32 Å². The van der Waals surface area contributed by atoms with E-state index in [4.69, 9.17) is 5.11 Å². The number of hydrogen-bond donors (Lipinski definition) is 2. The lowest BCUT2D eigenvalue weighted by atomic mass is 10.3. The Labute approximate surface area is 102 Å². The summed E-state index contributed by atoms with van der Waals surface area (Å²) >= 11 is 1.07. The zero-order valence-corrected chi connectivity index (χ0v) is 9.91. The molecule has 96 valence electrons. The Bertz CT molecular complexity index is 329. The van der Waals surface area contributed by atoms with Crippen LogP contribution in [-0.2, 0) is 19.2 Å². The topological polar surface area (TPSA) is 124 Å². The molecule has 0 aromatic carbocycles. The van der Waals surface area contributed by atoms with Gasteiger partial charge in [0.2, 0.25) is 5.91 Å². The Balaban J connectivity index is 3.91. The maximum absolute atomic E-state index is 10.7. The fourth-order valence-corrected chi connectivity index (χ4v) is 1.85. The number of carboxylic acids is 2. The van der Waals surface area contributed by atoms with Crippen molar-refractivity contribution in [2.45, 2.75) is 19.4 Å². The highest BCUT2D eigenvalue weighted by Gasteiger charge is 2.18. The van der Waals surface area contributed by atoms with Crippen LogP contribution in [0.5, 0.6) is 0 Å². The maximum atomic E-state index is 10.7. The summed E-state index contributed by atoms with van der Waals surface area (Å²) in [4.78, 5) is 42.0. The number of thioether (sulfide) groups is 1. The molecule has 0 spiro atoms. The summed E-state index contributed by atoms with van der Waals surface area (Å²) in [7, 11) is 0. The quantitative estimate of drug-likeness (QED) is 0.383. The van der Waals surface area contributed by atoms with Crippen molar-refractivity contribution in [3.05, 3.63) is 0 Å². The molecular formula is C9H12NO6S-. The van der Waals surface area contributed by atoms with Crippen molar-refractivity contribution in [3.8, 4) is 0 Å².